The van der Waals surface area contributed by atoms with Gasteiger partial charge in [-0.25, -0.2) is 4.98 Å². The fourth-order valence-corrected chi connectivity index (χ4v) is 4.20. The lowest BCUT2D eigenvalue weighted by Crippen LogP contribution is -2.30. The smallest absolute Gasteiger partial charge is 0.0798 e. The van der Waals surface area contributed by atoms with E-state index in [1.165, 1.54) is 42.7 Å². The van der Waals surface area contributed by atoms with E-state index in [-0.39, 0.29) is 0 Å². The zero-order valence-corrected chi connectivity index (χ0v) is 12.7. The minimum Gasteiger partial charge on any atom is -0.309 e. The molecule has 1 aliphatic carbocycles. The average Bonchev–Trinajstić information content (AvgIpc) is 2.82. The van der Waals surface area contributed by atoms with Crippen molar-refractivity contribution in [2.45, 2.75) is 58.9 Å². The van der Waals surface area contributed by atoms with E-state index in [1.54, 1.807) is 0 Å². The van der Waals surface area contributed by atoms with Crippen molar-refractivity contribution < 1.29 is 0 Å². The zero-order chi connectivity index (χ0) is 13.0. The molecule has 18 heavy (non-hydrogen) atoms. The van der Waals surface area contributed by atoms with E-state index in [9.17, 15) is 0 Å². The maximum absolute atomic E-state index is 4.42. The van der Waals surface area contributed by atoms with Gasteiger partial charge in [0.1, 0.15) is 0 Å². The molecule has 0 spiro atoms. The quantitative estimate of drug-likeness (QED) is 0.858. The number of thiazole rings is 1. The minimum absolute atomic E-state index is 0.542. The Bertz CT molecular complexity index is 353. The monoisotopic (exact) mass is 266 g/mol. The number of rotatable bonds is 5. The van der Waals surface area contributed by atoms with Crippen LogP contribution in [-0.2, 0) is 0 Å². The first-order valence-corrected chi connectivity index (χ1v) is 8.27. The van der Waals surface area contributed by atoms with Crippen molar-refractivity contribution in [1.82, 2.24) is 10.3 Å². The van der Waals surface area contributed by atoms with E-state index in [1.807, 2.05) is 16.8 Å². The number of aromatic nitrogens is 1. The summed E-state index contributed by atoms with van der Waals surface area (Å²) in [4.78, 5) is 5.89. The lowest BCUT2D eigenvalue weighted by molar-refractivity contribution is 0.221. The first-order valence-electron chi connectivity index (χ1n) is 7.39. The van der Waals surface area contributed by atoms with E-state index in [2.05, 4.69) is 31.1 Å². The maximum Gasteiger partial charge on any atom is 0.0798 e. The second kappa shape index (κ2) is 6.67. The first-order chi connectivity index (χ1) is 8.76. The molecule has 1 unspecified atom stereocenters. The highest BCUT2D eigenvalue weighted by Crippen LogP contribution is 2.39. The van der Waals surface area contributed by atoms with Crippen LogP contribution in [-0.4, -0.2) is 11.5 Å². The molecule has 3 heteroatoms. The summed E-state index contributed by atoms with van der Waals surface area (Å²) >= 11 is 1.82. The van der Waals surface area contributed by atoms with Gasteiger partial charge < -0.3 is 5.32 Å². The van der Waals surface area contributed by atoms with E-state index in [0.29, 0.717) is 6.04 Å². The highest BCUT2D eigenvalue weighted by molar-refractivity contribution is 7.09. The third kappa shape index (κ3) is 3.12. The Balaban J connectivity index is 2.05. The van der Waals surface area contributed by atoms with Gasteiger partial charge in [-0.15, -0.1) is 11.3 Å². The predicted molar refractivity (Wildman–Crippen MR) is 79.0 cm³/mol. The summed E-state index contributed by atoms with van der Waals surface area (Å²) in [6.45, 7) is 7.74. The van der Waals surface area contributed by atoms with Gasteiger partial charge >= 0.3 is 0 Å². The average molecular weight is 266 g/mol. The van der Waals surface area contributed by atoms with Crippen LogP contribution in [0.1, 0.15) is 62.6 Å². The molecular weight excluding hydrogens is 240 g/mol. The molecule has 2 rings (SSSR count). The molecule has 0 bridgehead atoms. The molecule has 0 aromatic carbocycles. The van der Waals surface area contributed by atoms with Crippen molar-refractivity contribution in [3.05, 3.63) is 16.1 Å². The lowest BCUT2D eigenvalue weighted by Gasteiger charge is -2.33. The Morgan fingerprint density at radius 3 is 2.56 bits per heavy atom. The maximum atomic E-state index is 4.42. The topological polar surface area (TPSA) is 24.9 Å². The molecular formula is C15H26N2S. The van der Waals surface area contributed by atoms with Crippen LogP contribution in [0.25, 0.3) is 0 Å². The van der Waals surface area contributed by atoms with Gasteiger partial charge in [0.25, 0.3) is 0 Å². The Hall–Kier alpha value is -0.410. The van der Waals surface area contributed by atoms with Gasteiger partial charge in [-0.3, -0.25) is 0 Å². The number of nitrogens with zero attached hydrogens (tertiary/aromatic N) is 1. The van der Waals surface area contributed by atoms with Crippen molar-refractivity contribution in [3.8, 4) is 0 Å². The molecule has 2 nitrogen and oxygen atoms in total. The first kappa shape index (κ1) is 14.0. The van der Waals surface area contributed by atoms with Crippen molar-refractivity contribution >= 4 is 11.3 Å². The molecule has 1 atom stereocenters. The summed E-state index contributed by atoms with van der Waals surface area (Å²) in [5.41, 5.74) is 3.22. The number of nitrogens with one attached hydrogen (secondary N) is 1. The SMILES string of the molecule is CCNC(c1scnc1C)C1CCC(CC)CC1. The molecule has 1 N–H and O–H groups in total. The summed E-state index contributed by atoms with van der Waals surface area (Å²) < 4.78 is 0. The third-order valence-electron chi connectivity index (χ3n) is 4.43. The molecule has 0 amide bonds. The van der Waals surface area contributed by atoms with Crippen LogP contribution in [0.3, 0.4) is 0 Å². The van der Waals surface area contributed by atoms with Crippen LogP contribution >= 0.6 is 11.3 Å². The fraction of sp³-hybridized carbons (Fsp3) is 0.800. The van der Waals surface area contributed by atoms with Crippen LogP contribution in [0.5, 0.6) is 0 Å². The van der Waals surface area contributed by atoms with Crippen molar-refractivity contribution in [3.63, 3.8) is 0 Å². The van der Waals surface area contributed by atoms with Gasteiger partial charge in [-0.2, -0.15) is 0 Å². The zero-order valence-electron chi connectivity index (χ0n) is 11.9. The molecule has 0 aliphatic heterocycles. The molecule has 1 aromatic heterocycles. The Morgan fingerprint density at radius 2 is 2.06 bits per heavy atom. The summed E-state index contributed by atoms with van der Waals surface area (Å²) in [6, 6.07) is 0.542. The molecule has 1 aliphatic rings. The number of hydrogen-bond donors (Lipinski definition) is 1. The van der Waals surface area contributed by atoms with Gasteiger partial charge in [0, 0.05) is 10.9 Å². The predicted octanol–water partition coefficient (Wildman–Crippen LogP) is 4.32. The van der Waals surface area contributed by atoms with Crippen LogP contribution in [0.2, 0.25) is 0 Å². The molecule has 1 heterocycles. The van der Waals surface area contributed by atoms with Gasteiger partial charge in [0.05, 0.1) is 11.2 Å². The van der Waals surface area contributed by atoms with E-state index < -0.39 is 0 Å². The third-order valence-corrected chi connectivity index (χ3v) is 5.44. The standard InChI is InChI=1S/C15H26N2S/c1-4-12-6-8-13(9-7-12)14(16-5-2)15-11(3)17-10-18-15/h10,12-14,16H,4-9H2,1-3H3. The lowest BCUT2D eigenvalue weighted by atomic mass is 9.77. The van der Waals surface area contributed by atoms with Crippen molar-refractivity contribution in [2.24, 2.45) is 11.8 Å². The summed E-state index contributed by atoms with van der Waals surface area (Å²) in [7, 11) is 0. The molecule has 1 aromatic rings. The molecule has 102 valence electrons. The van der Waals surface area contributed by atoms with Gasteiger partial charge in [-0.1, -0.05) is 33.1 Å². The van der Waals surface area contributed by atoms with Crippen molar-refractivity contribution in [1.29, 1.82) is 0 Å². The van der Waals surface area contributed by atoms with Crippen LogP contribution in [0, 0.1) is 18.8 Å². The van der Waals surface area contributed by atoms with E-state index >= 15 is 0 Å². The molecule has 1 saturated carbocycles. The van der Waals surface area contributed by atoms with Crippen LogP contribution in [0.4, 0.5) is 0 Å². The largest absolute Gasteiger partial charge is 0.309 e. The van der Waals surface area contributed by atoms with Crippen molar-refractivity contribution in [2.75, 3.05) is 6.54 Å². The second-order valence-electron chi connectivity index (χ2n) is 5.53. The second-order valence-corrected chi connectivity index (χ2v) is 6.41. The minimum atomic E-state index is 0.542. The summed E-state index contributed by atoms with van der Waals surface area (Å²) in [5.74, 6) is 1.79. The van der Waals surface area contributed by atoms with Crippen LogP contribution in [0.15, 0.2) is 5.51 Å². The van der Waals surface area contributed by atoms with E-state index in [0.717, 1.165) is 18.4 Å². The van der Waals surface area contributed by atoms with Gasteiger partial charge in [-0.05, 0) is 38.1 Å². The number of hydrogen-bond acceptors (Lipinski definition) is 3. The Kier molecular flexibility index (Phi) is 5.19. The molecule has 1 fully saturated rings. The van der Waals surface area contributed by atoms with Gasteiger partial charge in [0.15, 0.2) is 0 Å². The normalized spacial score (nSPS) is 26.2. The summed E-state index contributed by atoms with van der Waals surface area (Å²) in [6.07, 6.45) is 6.96. The highest BCUT2D eigenvalue weighted by Gasteiger charge is 2.29. The van der Waals surface area contributed by atoms with E-state index in [4.69, 9.17) is 0 Å². The molecule has 0 saturated heterocycles. The summed E-state index contributed by atoms with van der Waals surface area (Å²) in [5, 5.41) is 3.70. The Morgan fingerprint density at radius 1 is 1.33 bits per heavy atom. The number of aryl methyl sites for hydroxylation is 1. The fourth-order valence-electron chi connectivity index (χ4n) is 3.23. The highest BCUT2D eigenvalue weighted by atomic mass is 32.1. The molecule has 0 radical (unpaired) electrons. The van der Waals surface area contributed by atoms with Gasteiger partial charge in [0.2, 0.25) is 0 Å². The van der Waals surface area contributed by atoms with Crippen LogP contribution < -0.4 is 5.32 Å². The Labute approximate surface area is 115 Å².